The molecule has 6 nitrogen and oxygen atoms in total. The van der Waals surface area contributed by atoms with Crippen LogP contribution in [-0.4, -0.2) is 31.2 Å². The zero-order valence-electron chi connectivity index (χ0n) is 27.1. The van der Waals surface area contributed by atoms with Crippen LogP contribution in [0.1, 0.15) is 36.6 Å². The van der Waals surface area contributed by atoms with Gasteiger partial charge in [-0.05, 0) is 12.0 Å². The molecule has 0 radical (unpaired) electrons. The molecule has 1 aliphatic rings. The van der Waals surface area contributed by atoms with Crippen LogP contribution in [0, 0.1) is 0 Å². The number of nitrogens with one attached hydrogen (secondary N) is 2. The fourth-order valence-electron chi connectivity index (χ4n) is 6.35. The third kappa shape index (κ3) is 7.57. The van der Waals surface area contributed by atoms with E-state index >= 15 is 0 Å². The summed E-state index contributed by atoms with van der Waals surface area (Å²) in [7, 11) is 0. The number of halogens is 1. The number of guanidine groups is 2. The SMILES string of the molecule is NC1=NC(c2ccc(OCCCCCP(Cl)(c3ccccc3)(c3ccccc3)c3ccccc3)cc2)NC(=NCCc2ccccc2)N1. The molecule has 0 saturated heterocycles. The normalized spacial score (nSPS) is 16.2. The standard InChI is InChI=1S/C40H43ClN5OP/c41-48(35-18-8-2-9-19-35,36-20-10-3-11-21-36,37-22-12-4-13-23-37)31-15-5-14-30-47-34-26-24-33(25-27-34)38-44-39(42)46-40(45-38)43-29-28-32-16-6-1-7-17-32/h1-4,6-13,16-27,38H,5,14-15,28-31H2,(H4,42,43,44,45,46). The van der Waals surface area contributed by atoms with Crippen molar-refractivity contribution in [2.24, 2.45) is 15.7 Å². The van der Waals surface area contributed by atoms with Crippen molar-refractivity contribution in [3.63, 3.8) is 0 Å². The van der Waals surface area contributed by atoms with Gasteiger partial charge < -0.3 is 5.73 Å². The molecule has 1 unspecified atom stereocenters. The van der Waals surface area contributed by atoms with Crippen molar-refractivity contribution >= 4 is 45.0 Å². The first-order valence-corrected chi connectivity index (χ1v) is 19.9. The second-order valence-corrected chi connectivity index (χ2v) is 18.6. The topological polar surface area (TPSA) is 84.0 Å². The molecule has 5 aromatic rings. The van der Waals surface area contributed by atoms with Gasteiger partial charge in [-0.1, -0.05) is 30.3 Å². The van der Waals surface area contributed by atoms with Crippen molar-refractivity contribution in [3.05, 3.63) is 157 Å². The maximum absolute atomic E-state index is 8.20. The summed E-state index contributed by atoms with van der Waals surface area (Å²) in [5, 5.41) is 10.0. The number of aliphatic imine (C=N–C) groups is 2. The predicted molar refractivity (Wildman–Crippen MR) is 205 cm³/mol. The van der Waals surface area contributed by atoms with Gasteiger partial charge in [0.15, 0.2) is 11.9 Å². The van der Waals surface area contributed by atoms with Crippen molar-refractivity contribution in [2.45, 2.75) is 31.8 Å². The van der Waals surface area contributed by atoms with E-state index in [0.717, 1.165) is 43.2 Å². The molecule has 0 fully saturated rings. The zero-order chi connectivity index (χ0) is 33.1. The van der Waals surface area contributed by atoms with Crippen molar-refractivity contribution in [1.82, 2.24) is 10.6 Å². The Morgan fingerprint density at radius 3 is 1.79 bits per heavy atom. The van der Waals surface area contributed by atoms with Crippen molar-refractivity contribution in [1.29, 1.82) is 0 Å². The Balaban J connectivity index is 1.05. The summed E-state index contributed by atoms with van der Waals surface area (Å²) >= 11 is 8.20. The summed E-state index contributed by atoms with van der Waals surface area (Å²) in [5.74, 6) is -1.43. The van der Waals surface area contributed by atoms with Gasteiger partial charge in [-0.3, -0.25) is 10.3 Å². The fraction of sp³-hybridized carbons (Fsp3) is 0.200. The number of unbranched alkanes of at least 4 members (excludes halogenated alkanes) is 2. The van der Waals surface area contributed by atoms with E-state index in [9.17, 15) is 0 Å². The molecule has 246 valence electrons. The molecule has 8 heteroatoms. The number of benzene rings is 5. The number of hydrogen-bond acceptors (Lipinski definition) is 4. The third-order valence-corrected chi connectivity index (χ3v) is 16.4. The first kappa shape index (κ1) is 33.3. The molecule has 1 heterocycles. The minimum absolute atomic E-state index is 0.318. The average Bonchev–Trinajstić information content (AvgIpc) is 3.14. The van der Waals surface area contributed by atoms with E-state index < -0.39 is 5.96 Å². The van der Waals surface area contributed by atoms with Crippen LogP contribution in [0.2, 0.25) is 0 Å². The Labute approximate surface area is 288 Å². The second kappa shape index (κ2) is 15.5. The first-order chi connectivity index (χ1) is 23.5. The van der Waals surface area contributed by atoms with E-state index in [2.05, 4.69) is 124 Å². The van der Waals surface area contributed by atoms with Gasteiger partial charge in [-0.25, -0.2) is 0 Å². The van der Waals surface area contributed by atoms with Crippen LogP contribution in [0.4, 0.5) is 0 Å². The first-order valence-electron chi connectivity index (χ1n) is 16.6. The number of nitrogens with zero attached hydrogens (tertiary/aromatic N) is 2. The monoisotopic (exact) mass is 675 g/mol. The van der Waals surface area contributed by atoms with Gasteiger partial charge in [-0.15, -0.1) is 0 Å². The third-order valence-electron chi connectivity index (χ3n) is 8.87. The summed E-state index contributed by atoms with van der Waals surface area (Å²) in [6, 6.07) is 50.4. The van der Waals surface area contributed by atoms with Crippen molar-refractivity contribution in [3.8, 4) is 5.75 Å². The smallest absolute Gasteiger partial charge is 0.297 e. The Kier molecular flexibility index (Phi) is 10.7. The predicted octanol–water partition coefficient (Wildman–Crippen LogP) is 7.02. The fourth-order valence-corrected chi connectivity index (χ4v) is 12.6. The molecule has 0 spiro atoms. The zero-order valence-corrected chi connectivity index (χ0v) is 28.7. The van der Waals surface area contributed by atoms with Crippen LogP contribution in [0.15, 0.2) is 156 Å². The molecule has 1 atom stereocenters. The molecular weight excluding hydrogens is 633 g/mol. The average molecular weight is 676 g/mol. The molecule has 5 aromatic carbocycles. The second-order valence-electron chi connectivity index (χ2n) is 12.0. The summed E-state index contributed by atoms with van der Waals surface area (Å²) in [5.41, 5.74) is 8.32. The molecule has 6 rings (SSSR count). The molecule has 48 heavy (non-hydrogen) atoms. The van der Waals surface area contributed by atoms with Gasteiger partial charge in [0.2, 0.25) is 0 Å². The number of ether oxygens (including phenoxy) is 1. The maximum atomic E-state index is 8.20. The molecule has 4 N–H and O–H groups in total. The minimum atomic E-state index is -3.23. The summed E-state index contributed by atoms with van der Waals surface area (Å²) in [6.45, 7) is 1.28. The number of hydrogen-bond donors (Lipinski definition) is 3. The van der Waals surface area contributed by atoms with E-state index in [1.54, 1.807) is 0 Å². The van der Waals surface area contributed by atoms with Crippen LogP contribution in [0.5, 0.6) is 5.75 Å². The van der Waals surface area contributed by atoms with E-state index in [1.165, 1.54) is 21.5 Å². The van der Waals surface area contributed by atoms with Crippen LogP contribution in [0.25, 0.3) is 0 Å². The van der Waals surface area contributed by atoms with Crippen molar-refractivity contribution < 1.29 is 4.74 Å². The van der Waals surface area contributed by atoms with Gasteiger partial charge in [0.1, 0.15) is 0 Å². The summed E-state index contributed by atoms with van der Waals surface area (Å²) < 4.78 is 6.16. The molecule has 0 bridgehead atoms. The van der Waals surface area contributed by atoms with Crippen LogP contribution in [-0.2, 0) is 6.42 Å². The molecule has 0 aliphatic carbocycles. The van der Waals surface area contributed by atoms with E-state index in [4.69, 9.17) is 21.7 Å². The Bertz CT molecular complexity index is 1700. The summed E-state index contributed by atoms with van der Waals surface area (Å²) in [4.78, 5) is 9.19. The Morgan fingerprint density at radius 1 is 0.688 bits per heavy atom. The Morgan fingerprint density at radius 2 is 1.23 bits per heavy atom. The quantitative estimate of drug-likeness (QED) is 0.0873. The van der Waals surface area contributed by atoms with E-state index in [0.29, 0.717) is 25.1 Å². The molecule has 0 aromatic heterocycles. The number of rotatable bonds is 14. The molecular formula is C40H43ClN5OP. The van der Waals surface area contributed by atoms with E-state index in [1.807, 2.05) is 42.5 Å². The van der Waals surface area contributed by atoms with Crippen LogP contribution in [0.3, 0.4) is 0 Å². The van der Waals surface area contributed by atoms with E-state index in [-0.39, 0.29) is 6.17 Å². The number of nitrogens with two attached hydrogens (primary N) is 1. The molecule has 0 amide bonds. The van der Waals surface area contributed by atoms with Crippen LogP contribution < -0.4 is 37.0 Å². The van der Waals surface area contributed by atoms with Gasteiger partial charge in [0.25, 0.3) is 0 Å². The summed E-state index contributed by atoms with van der Waals surface area (Å²) in [6.07, 6.45) is 4.34. The Hall–Kier alpha value is -4.64. The molecule has 1 aliphatic heterocycles. The van der Waals surface area contributed by atoms with Crippen LogP contribution >= 0.6 is 17.2 Å². The van der Waals surface area contributed by atoms with Gasteiger partial charge >= 0.3 is 213 Å². The van der Waals surface area contributed by atoms with Crippen molar-refractivity contribution in [2.75, 3.05) is 19.3 Å². The van der Waals surface area contributed by atoms with Gasteiger partial charge in [-0.2, -0.15) is 0 Å². The van der Waals surface area contributed by atoms with Gasteiger partial charge in [0, 0.05) is 6.54 Å². The van der Waals surface area contributed by atoms with Gasteiger partial charge in [0.05, 0.1) is 0 Å². The molecule has 0 saturated carbocycles. The minimum Gasteiger partial charge on any atom is -0.297 e.